The smallest absolute Gasteiger partial charge is 0.165 e. The average Bonchev–Trinajstić information content (AvgIpc) is 2.94. The van der Waals surface area contributed by atoms with Gasteiger partial charge in [0.2, 0.25) is 0 Å². The van der Waals surface area contributed by atoms with Crippen molar-refractivity contribution < 1.29 is 4.79 Å². The van der Waals surface area contributed by atoms with Gasteiger partial charge in [-0.3, -0.25) is 4.79 Å². The summed E-state index contributed by atoms with van der Waals surface area (Å²) in [6, 6.07) is 8.64. The lowest BCUT2D eigenvalue weighted by molar-refractivity contribution is -0.137. The first-order valence-electron chi connectivity index (χ1n) is 11.7. The minimum Gasteiger partial charge on any atom is -0.294 e. The number of hydrogen-bond donors (Lipinski definition) is 0. The van der Waals surface area contributed by atoms with Crippen LogP contribution in [-0.2, 0) is 4.79 Å². The number of aryl methyl sites for hydroxylation is 1. The van der Waals surface area contributed by atoms with E-state index in [2.05, 4.69) is 51.1 Å². The van der Waals surface area contributed by atoms with Gasteiger partial charge in [-0.1, -0.05) is 56.5 Å². The van der Waals surface area contributed by atoms with Gasteiger partial charge < -0.3 is 0 Å². The molecule has 0 spiro atoms. The zero-order chi connectivity index (χ0) is 19.5. The van der Waals surface area contributed by atoms with Gasteiger partial charge in [-0.05, 0) is 98.2 Å². The van der Waals surface area contributed by atoms with E-state index in [1.54, 1.807) is 0 Å². The third-order valence-electron chi connectivity index (χ3n) is 9.64. The van der Waals surface area contributed by atoms with Crippen LogP contribution < -0.4 is 0 Å². The van der Waals surface area contributed by atoms with Gasteiger partial charge in [0.1, 0.15) is 0 Å². The minimum absolute atomic E-state index is 0.102. The molecule has 0 amide bonds. The summed E-state index contributed by atoms with van der Waals surface area (Å²) in [5, 5.41) is 0. The van der Waals surface area contributed by atoms with Gasteiger partial charge in [-0.2, -0.15) is 0 Å². The lowest BCUT2D eigenvalue weighted by atomic mass is 9.45. The van der Waals surface area contributed by atoms with Crippen molar-refractivity contribution in [3.8, 4) is 0 Å². The molecule has 0 heterocycles. The van der Waals surface area contributed by atoms with Crippen LogP contribution in [0.5, 0.6) is 0 Å². The maximum absolute atomic E-state index is 13.5. The van der Waals surface area contributed by atoms with Crippen LogP contribution in [0.1, 0.15) is 82.8 Å². The van der Waals surface area contributed by atoms with Gasteiger partial charge in [0.15, 0.2) is 5.78 Å². The predicted octanol–water partition coefficient (Wildman–Crippen LogP) is 6.99. The van der Waals surface area contributed by atoms with Crippen LogP contribution in [0.4, 0.5) is 0 Å². The second-order valence-corrected chi connectivity index (χ2v) is 11.0. The molecule has 0 aliphatic heterocycles. The van der Waals surface area contributed by atoms with Crippen molar-refractivity contribution in [3.63, 3.8) is 0 Å². The summed E-state index contributed by atoms with van der Waals surface area (Å²) < 4.78 is 0. The predicted molar refractivity (Wildman–Crippen MR) is 116 cm³/mol. The van der Waals surface area contributed by atoms with Gasteiger partial charge in [-0.15, -0.1) is 0 Å². The summed E-state index contributed by atoms with van der Waals surface area (Å²) in [6.45, 7) is 7.05. The fourth-order valence-corrected chi connectivity index (χ4v) is 7.96. The van der Waals surface area contributed by atoms with Crippen molar-refractivity contribution in [2.75, 3.05) is 0 Å². The molecule has 150 valence electrons. The van der Waals surface area contributed by atoms with E-state index in [4.69, 9.17) is 0 Å². The van der Waals surface area contributed by atoms with Crippen molar-refractivity contribution in [2.24, 2.45) is 34.5 Å². The highest BCUT2D eigenvalue weighted by Gasteiger charge is 2.60. The molecule has 4 aliphatic rings. The first-order valence-corrected chi connectivity index (χ1v) is 11.7. The Morgan fingerprint density at radius 3 is 2.50 bits per heavy atom. The molecule has 1 aromatic rings. The lowest BCUT2D eigenvalue weighted by Gasteiger charge is -2.59. The highest BCUT2D eigenvalue weighted by atomic mass is 16.1. The molecule has 4 fully saturated rings. The number of carbonyl (C=O) groups is 1. The van der Waals surface area contributed by atoms with Crippen LogP contribution in [0.2, 0.25) is 0 Å². The van der Waals surface area contributed by atoms with Crippen LogP contribution in [-0.4, -0.2) is 5.78 Å². The van der Waals surface area contributed by atoms with Crippen molar-refractivity contribution in [1.29, 1.82) is 0 Å². The van der Waals surface area contributed by atoms with E-state index in [9.17, 15) is 4.79 Å². The van der Waals surface area contributed by atoms with E-state index in [1.807, 2.05) is 0 Å². The number of carbonyl (C=O) groups excluding carboxylic acids is 1. The number of Topliss-reactive ketones (excluding diaryl/α,β-unsaturated/α-hetero) is 1. The molecule has 4 saturated carbocycles. The Morgan fingerprint density at radius 2 is 1.71 bits per heavy atom. The Kier molecular flexibility index (Phi) is 4.38. The zero-order valence-corrected chi connectivity index (χ0v) is 18.0. The van der Waals surface area contributed by atoms with Crippen LogP contribution in [0, 0.1) is 41.4 Å². The molecule has 0 aromatic heterocycles. The van der Waals surface area contributed by atoms with Gasteiger partial charge >= 0.3 is 0 Å². The second-order valence-electron chi connectivity index (χ2n) is 11.0. The van der Waals surface area contributed by atoms with Gasteiger partial charge in [0.05, 0.1) is 0 Å². The summed E-state index contributed by atoms with van der Waals surface area (Å²) in [7, 11) is 0. The summed E-state index contributed by atoms with van der Waals surface area (Å²) in [6.07, 6.45) is 14.2. The Labute approximate surface area is 171 Å². The second kappa shape index (κ2) is 6.57. The SMILES string of the molecule is Cc1ccc(/C=C2\C[C@@H]3[C@H]4CC[C@H]5CCCC[C@]5(C)[C@H]4CC[C@]3(C)C2=O)cc1. The van der Waals surface area contributed by atoms with Gasteiger partial charge in [-0.25, -0.2) is 0 Å². The summed E-state index contributed by atoms with van der Waals surface area (Å²) in [4.78, 5) is 13.5. The van der Waals surface area contributed by atoms with E-state index in [0.717, 1.165) is 36.2 Å². The topological polar surface area (TPSA) is 17.1 Å². The van der Waals surface area contributed by atoms with Crippen molar-refractivity contribution in [1.82, 2.24) is 0 Å². The molecule has 0 bridgehead atoms. The first kappa shape index (κ1) is 18.6. The normalized spacial score (nSPS) is 44.1. The van der Waals surface area contributed by atoms with Crippen LogP contribution >= 0.6 is 0 Å². The van der Waals surface area contributed by atoms with E-state index in [-0.39, 0.29) is 5.41 Å². The van der Waals surface area contributed by atoms with Crippen molar-refractivity contribution in [2.45, 2.75) is 78.6 Å². The number of hydrogen-bond acceptors (Lipinski definition) is 1. The van der Waals surface area contributed by atoms with Crippen molar-refractivity contribution in [3.05, 3.63) is 41.0 Å². The van der Waals surface area contributed by atoms with Gasteiger partial charge in [0, 0.05) is 5.41 Å². The summed E-state index contributed by atoms with van der Waals surface area (Å²) in [5.74, 6) is 3.62. The van der Waals surface area contributed by atoms with E-state index in [0.29, 0.717) is 17.1 Å². The van der Waals surface area contributed by atoms with E-state index in [1.165, 1.54) is 56.1 Å². The van der Waals surface area contributed by atoms with Crippen molar-refractivity contribution >= 4 is 11.9 Å². The van der Waals surface area contributed by atoms with Crippen LogP contribution in [0.15, 0.2) is 29.8 Å². The third-order valence-corrected chi connectivity index (χ3v) is 9.64. The summed E-state index contributed by atoms with van der Waals surface area (Å²) >= 11 is 0. The lowest BCUT2D eigenvalue weighted by Crippen LogP contribution is -2.52. The maximum Gasteiger partial charge on any atom is 0.165 e. The number of fused-ring (bicyclic) bond motifs is 5. The largest absolute Gasteiger partial charge is 0.294 e. The molecule has 1 heteroatoms. The van der Waals surface area contributed by atoms with Crippen LogP contribution in [0.25, 0.3) is 6.08 Å². The number of ketones is 1. The summed E-state index contributed by atoms with van der Waals surface area (Å²) in [5.41, 5.74) is 4.02. The van der Waals surface area contributed by atoms with Crippen LogP contribution in [0.3, 0.4) is 0 Å². The standard InChI is InChI=1S/C27H36O/c1-18-7-9-19(10-8-18)16-20-17-24-22-12-11-21-6-4-5-14-26(21,2)23(22)13-15-27(24,3)25(20)28/h7-10,16,21-24H,4-6,11-15,17H2,1-3H3/b20-16+/t21-,22+,23+,24-,26+,27+/m1/s1. The molecule has 0 radical (unpaired) electrons. The number of allylic oxidation sites excluding steroid dienone is 1. The van der Waals surface area contributed by atoms with Gasteiger partial charge in [0.25, 0.3) is 0 Å². The monoisotopic (exact) mass is 376 g/mol. The molecule has 5 rings (SSSR count). The highest BCUT2D eigenvalue weighted by Crippen LogP contribution is 2.66. The quantitative estimate of drug-likeness (QED) is 0.483. The minimum atomic E-state index is -0.102. The zero-order valence-electron chi connectivity index (χ0n) is 18.0. The third kappa shape index (κ3) is 2.68. The molecular formula is C27H36O. The first-order chi connectivity index (χ1) is 13.4. The molecular weight excluding hydrogens is 340 g/mol. The Balaban J connectivity index is 1.45. The fourth-order valence-electron chi connectivity index (χ4n) is 7.96. The number of rotatable bonds is 1. The molecule has 0 unspecified atom stereocenters. The van der Waals surface area contributed by atoms with E-state index >= 15 is 0 Å². The molecule has 6 atom stereocenters. The Hall–Kier alpha value is -1.37. The molecule has 1 aromatic carbocycles. The fraction of sp³-hybridized carbons (Fsp3) is 0.667. The molecule has 0 N–H and O–H groups in total. The molecule has 1 nitrogen and oxygen atoms in total. The molecule has 4 aliphatic carbocycles. The number of benzene rings is 1. The Bertz CT molecular complexity index is 802. The maximum atomic E-state index is 13.5. The molecule has 0 saturated heterocycles. The Morgan fingerprint density at radius 1 is 0.929 bits per heavy atom. The molecule has 28 heavy (non-hydrogen) atoms. The van der Waals surface area contributed by atoms with E-state index < -0.39 is 0 Å². The average molecular weight is 377 g/mol. The highest BCUT2D eigenvalue weighted by molar-refractivity contribution is 6.05.